The van der Waals surface area contributed by atoms with Crippen molar-refractivity contribution in [1.29, 1.82) is 0 Å². The second-order valence-corrected chi connectivity index (χ2v) is 10.2. The lowest BCUT2D eigenvalue weighted by atomic mass is 9.83. The maximum absolute atomic E-state index is 14.3. The van der Waals surface area contributed by atoms with Crippen molar-refractivity contribution < 1.29 is 28.2 Å². The van der Waals surface area contributed by atoms with Gasteiger partial charge in [-0.25, -0.2) is 4.39 Å². The van der Waals surface area contributed by atoms with E-state index >= 15 is 0 Å². The van der Waals surface area contributed by atoms with Gasteiger partial charge in [0.15, 0.2) is 11.5 Å². The molecule has 0 saturated carbocycles. The Bertz CT molecular complexity index is 1580. The fourth-order valence-electron chi connectivity index (χ4n) is 5.15. The van der Waals surface area contributed by atoms with Gasteiger partial charge in [-0.05, 0) is 82.5 Å². The number of pyridine rings is 1. The highest BCUT2D eigenvalue weighted by Crippen LogP contribution is 2.43. The minimum Gasteiger partial charge on any atom is -0.497 e. The van der Waals surface area contributed by atoms with Crippen LogP contribution in [0.15, 0.2) is 71.3 Å². The number of ether oxygens (including phenoxy) is 3. The van der Waals surface area contributed by atoms with E-state index in [1.54, 1.807) is 67.8 Å². The zero-order valence-electron chi connectivity index (χ0n) is 22.1. The summed E-state index contributed by atoms with van der Waals surface area (Å²) in [7, 11) is 4.65. The maximum atomic E-state index is 14.3. The van der Waals surface area contributed by atoms with Gasteiger partial charge in [0.2, 0.25) is 11.8 Å². The van der Waals surface area contributed by atoms with Crippen LogP contribution in [-0.2, 0) is 9.59 Å². The molecule has 8 nitrogen and oxygen atoms in total. The standard InChI is InChI=1S/C30H27BrFN3O5/c1-38-20-7-5-19(6-8-20)35-27(36)11-9-21(29(35)17-4-10-25(39-2)26(14-17)40-3)30(37)34-24-12-13-33-28-22(24)15-18(32)16-23(28)31/h4-8,10,12-16,21,29H,9,11H2,1-3H3,(H,33,34,37). The average Bonchev–Trinajstić information content (AvgIpc) is 2.97. The van der Waals surface area contributed by atoms with Gasteiger partial charge in [-0.2, -0.15) is 0 Å². The van der Waals surface area contributed by atoms with E-state index in [0.29, 0.717) is 56.0 Å². The molecule has 1 aliphatic rings. The second kappa shape index (κ2) is 11.5. The van der Waals surface area contributed by atoms with E-state index in [2.05, 4.69) is 26.2 Å². The summed E-state index contributed by atoms with van der Waals surface area (Å²) in [6.07, 6.45) is 2.04. The van der Waals surface area contributed by atoms with Crippen molar-refractivity contribution in [3.05, 3.63) is 82.7 Å². The van der Waals surface area contributed by atoms with Crippen LogP contribution in [0.25, 0.3) is 10.9 Å². The first-order chi connectivity index (χ1) is 19.3. The number of nitrogens with zero attached hydrogens (tertiary/aromatic N) is 2. The number of aromatic nitrogens is 1. The van der Waals surface area contributed by atoms with Crippen molar-refractivity contribution in [3.8, 4) is 17.2 Å². The topological polar surface area (TPSA) is 90.0 Å². The molecule has 2 amide bonds. The first-order valence-electron chi connectivity index (χ1n) is 12.6. The quantitative estimate of drug-likeness (QED) is 0.266. The number of carbonyl (C=O) groups excluding carboxylic acids is 2. The number of halogens is 2. The fraction of sp³-hybridized carbons (Fsp3) is 0.233. The van der Waals surface area contributed by atoms with E-state index in [9.17, 15) is 14.0 Å². The van der Waals surface area contributed by atoms with Gasteiger partial charge in [0.1, 0.15) is 11.6 Å². The summed E-state index contributed by atoms with van der Waals surface area (Å²) in [4.78, 5) is 33.4. The summed E-state index contributed by atoms with van der Waals surface area (Å²) in [6.45, 7) is 0. The van der Waals surface area contributed by atoms with Gasteiger partial charge in [0.25, 0.3) is 0 Å². The molecule has 3 aromatic carbocycles. The first-order valence-corrected chi connectivity index (χ1v) is 13.4. The average molecular weight is 608 g/mol. The molecule has 5 rings (SSSR count). The molecule has 1 saturated heterocycles. The van der Waals surface area contributed by atoms with Crippen LogP contribution in [0.1, 0.15) is 24.4 Å². The fourth-order valence-corrected chi connectivity index (χ4v) is 5.68. The van der Waals surface area contributed by atoms with Gasteiger partial charge in [-0.1, -0.05) is 6.07 Å². The number of anilines is 2. The SMILES string of the molecule is COc1ccc(N2C(=O)CCC(C(=O)Nc3ccnc4c(Br)cc(F)cc34)C2c2ccc(OC)c(OC)c2)cc1. The van der Waals surface area contributed by atoms with E-state index < -0.39 is 17.8 Å². The number of carbonyl (C=O) groups is 2. The van der Waals surface area contributed by atoms with Crippen LogP contribution < -0.4 is 24.4 Å². The number of rotatable bonds is 7. The molecule has 1 aliphatic heterocycles. The second-order valence-electron chi connectivity index (χ2n) is 9.30. The minimum absolute atomic E-state index is 0.116. The van der Waals surface area contributed by atoms with E-state index in [1.165, 1.54) is 19.2 Å². The number of hydrogen-bond donors (Lipinski definition) is 1. The summed E-state index contributed by atoms with van der Waals surface area (Å²) >= 11 is 3.35. The highest BCUT2D eigenvalue weighted by Gasteiger charge is 2.42. The Kier molecular flexibility index (Phi) is 7.88. The van der Waals surface area contributed by atoms with E-state index in [0.717, 1.165) is 0 Å². The van der Waals surface area contributed by atoms with Crippen LogP contribution in [0.5, 0.6) is 17.2 Å². The third-order valence-electron chi connectivity index (χ3n) is 7.05. The summed E-state index contributed by atoms with van der Waals surface area (Å²) in [5.74, 6) is 0.132. The van der Waals surface area contributed by atoms with Crippen molar-refractivity contribution in [2.75, 3.05) is 31.5 Å². The molecule has 1 N–H and O–H groups in total. The lowest BCUT2D eigenvalue weighted by molar-refractivity contribution is -0.125. The maximum Gasteiger partial charge on any atom is 0.229 e. The lowest BCUT2D eigenvalue weighted by Crippen LogP contribution is -2.47. The predicted octanol–water partition coefficient (Wildman–Crippen LogP) is 6.29. The summed E-state index contributed by atoms with van der Waals surface area (Å²) < 4.78 is 31.0. The molecular weight excluding hydrogens is 581 g/mol. The minimum atomic E-state index is -0.661. The Balaban J connectivity index is 1.59. The molecule has 1 aromatic heterocycles. The Morgan fingerprint density at radius 1 is 1.00 bits per heavy atom. The number of benzene rings is 3. The van der Waals surface area contributed by atoms with Crippen molar-refractivity contribution in [2.24, 2.45) is 5.92 Å². The number of amides is 2. The largest absolute Gasteiger partial charge is 0.497 e. The molecule has 2 unspecified atom stereocenters. The monoisotopic (exact) mass is 607 g/mol. The van der Waals surface area contributed by atoms with Crippen LogP contribution in [-0.4, -0.2) is 38.1 Å². The summed E-state index contributed by atoms with van der Waals surface area (Å²) in [5, 5.41) is 3.45. The molecule has 0 bridgehead atoms. The lowest BCUT2D eigenvalue weighted by Gasteiger charge is -2.41. The van der Waals surface area contributed by atoms with E-state index in [-0.39, 0.29) is 18.2 Å². The molecule has 0 spiro atoms. The Morgan fingerprint density at radius 2 is 1.75 bits per heavy atom. The predicted molar refractivity (Wildman–Crippen MR) is 154 cm³/mol. The number of nitrogens with one attached hydrogen (secondary N) is 1. The highest BCUT2D eigenvalue weighted by atomic mass is 79.9. The van der Waals surface area contributed by atoms with Crippen molar-refractivity contribution in [1.82, 2.24) is 4.98 Å². The zero-order valence-corrected chi connectivity index (χ0v) is 23.7. The van der Waals surface area contributed by atoms with Gasteiger partial charge in [-0.15, -0.1) is 0 Å². The smallest absolute Gasteiger partial charge is 0.229 e. The van der Waals surface area contributed by atoms with Gasteiger partial charge in [0.05, 0.1) is 44.5 Å². The van der Waals surface area contributed by atoms with Gasteiger partial charge in [-0.3, -0.25) is 14.6 Å². The molecular formula is C30H27BrFN3O5. The van der Waals surface area contributed by atoms with Crippen LogP contribution in [0.4, 0.5) is 15.8 Å². The van der Waals surface area contributed by atoms with Crippen molar-refractivity contribution >= 4 is 50.0 Å². The van der Waals surface area contributed by atoms with Gasteiger partial charge in [0, 0.05) is 28.2 Å². The molecule has 0 aliphatic carbocycles. The van der Waals surface area contributed by atoms with Crippen LogP contribution in [0.2, 0.25) is 0 Å². The van der Waals surface area contributed by atoms with E-state index in [4.69, 9.17) is 14.2 Å². The molecule has 2 heterocycles. The molecule has 10 heteroatoms. The van der Waals surface area contributed by atoms with Crippen molar-refractivity contribution in [3.63, 3.8) is 0 Å². The summed E-state index contributed by atoms with van der Waals surface area (Å²) in [5.41, 5.74) is 2.28. The highest BCUT2D eigenvalue weighted by molar-refractivity contribution is 9.10. The molecule has 2 atom stereocenters. The van der Waals surface area contributed by atoms with Crippen LogP contribution in [0.3, 0.4) is 0 Å². The van der Waals surface area contributed by atoms with Crippen LogP contribution in [0, 0.1) is 11.7 Å². The molecule has 40 heavy (non-hydrogen) atoms. The Hall–Kier alpha value is -4.18. The third-order valence-corrected chi connectivity index (χ3v) is 7.66. The summed E-state index contributed by atoms with van der Waals surface area (Å²) in [6, 6.07) is 16.1. The normalized spacial score (nSPS) is 17.0. The van der Waals surface area contributed by atoms with E-state index in [1.807, 2.05) is 6.07 Å². The van der Waals surface area contributed by atoms with Crippen molar-refractivity contribution in [2.45, 2.75) is 18.9 Å². The number of fused-ring (bicyclic) bond motifs is 1. The number of hydrogen-bond acceptors (Lipinski definition) is 6. The number of methoxy groups -OCH3 is 3. The molecule has 206 valence electrons. The molecule has 0 radical (unpaired) electrons. The number of piperidine rings is 1. The van der Waals surface area contributed by atoms with Gasteiger partial charge >= 0.3 is 0 Å². The third kappa shape index (κ3) is 5.19. The molecule has 4 aromatic rings. The Morgan fingerprint density at radius 3 is 2.45 bits per heavy atom. The molecule has 1 fully saturated rings. The zero-order chi connectivity index (χ0) is 28.4. The van der Waals surface area contributed by atoms with Gasteiger partial charge < -0.3 is 24.4 Å². The Labute approximate surface area is 239 Å². The van der Waals surface area contributed by atoms with Crippen LogP contribution >= 0.6 is 15.9 Å². The first kappa shape index (κ1) is 27.4.